The van der Waals surface area contributed by atoms with Gasteiger partial charge in [-0.25, -0.2) is 0 Å². The molecule has 0 bridgehead atoms. The van der Waals surface area contributed by atoms with Gasteiger partial charge in [0.1, 0.15) is 73.2 Å². The molecule has 19 heteroatoms. The highest BCUT2D eigenvalue weighted by molar-refractivity contribution is 5.76. The van der Waals surface area contributed by atoms with Gasteiger partial charge in [0.15, 0.2) is 18.9 Å². The number of unbranched alkanes of at least 4 members (excludes halogenated alkanes) is 49. The van der Waals surface area contributed by atoms with Crippen molar-refractivity contribution in [1.82, 2.24) is 5.32 Å². The van der Waals surface area contributed by atoms with Crippen LogP contribution in [-0.4, -0.2) is 193 Å². The van der Waals surface area contributed by atoms with Crippen molar-refractivity contribution in [3.8, 4) is 0 Å². The first-order valence-corrected chi connectivity index (χ1v) is 41.6. The third kappa shape index (κ3) is 42.0. The molecule has 0 radical (unpaired) electrons. The lowest BCUT2D eigenvalue weighted by Crippen LogP contribution is -2.66. The second-order valence-electron chi connectivity index (χ2n) is 29.9. The topological polar surface area (TPSA) is 307 Å². The summed E-state index contributed by atoms with van der Waals surface area (Å²) in [4.78, 5) is 13.5. The Balaban J connectivity index is 1.38. The SMILES string of the molecule is CCCCCCCCCCCCCCCCCCCCCCCC/C=C/CC/C=C/C(O)C(COC1OC(CO)C(OC2OC(CO)C(OC3OC(CO)C(O)C(O)C3O)C(O)C2O)C(O)C1O)NC(=O)CCCCCCCCCCCCCCCCCCCCCCCCCCCCC. The van der Waals surface area contributed by atoms with Gasteiger partial charge in [0.2, 0.25) is 5.91 Å². The van der Waals surface area contributed by atoms with E-state index in [1.165, 1.54) is 283 Å². The van der Waals surface area contributed by atoms with Crippen LogP contribution in [0.15, 0.2) is 24.3 Å². The summed E-state index contributed by atoms with van der Waals surface area (Å²) in [5.74, 6) is -0.277. The summed E-state index contributed by atoms with van der Waals surface area (Å²) in [5.41, 5.74) is 0. The van der Waals surface area contributed by atoms with Gasteiger partial charge in [-0.3, -0.25) is 4.79 Å². The first-order valence-electron chi connectivity index (χ1n) is 41.6. The Hall–Kier alpha value is -1.73. The minimum absolute atomic E-state index is 0.241. The summed E-state index contributed by atoms with van der Waals surface area (Å²) in [5, 5.41) is 121. The fourth-order valence-corrected chi connectivity index (χ4v) is 14.3. The molecule has 3 rings (SSSR count). The molecule has 0 aromatic heterocycles. The summed E-state index contributed by atoms with van der Waals surface area (Å²) in [6.45, 7) is 1.79. The molecule has 12 N–H and O–H groups in total. The molecule has 3 fully saturated rings. The van der Waals surface area contributed by atoms with Crippen molar-refractivity contribution in [2.24, 2.45) is 0 Å². The van der Waals surface area contributed by atoms with Gasteiger partial charge in [-0.1, -0.05) is 340 Å². The van der Waals surface area contributed by atoms with Gasteiger partial charge in [-0.05, 0) is 32.1 Å². The van der Waals surface area contributed by atoms with E-state index >= 15 is 0 Å². The highest BCUT2D eigenvalue weighted by atomic mass is 16.8. The molecule has 0 saturated carbocycles. The number of hydrogen-bond donors (Lipinski definition) is 12. The molecule has 17 unspecified atom stereocenters. The first-order chi connectivity index (χ1) is 48.8. The Kier molecular flexibility index (Phi) is 57.6. The van der Waals surface area contributed by atoms with E-state index in [1.54, 1.807) is 6.08 Å². The van der Waals surface area contributed by atoms with Crippen LogP contribution in [0.1, 0.15) is 354 Å². The minimum Gasteiger partial charge on any atom is -0.394 e. The third-order valence-corrected chi connectivity index (χ3v) is 21.0. The van der Waals surface area contributed by atoms with Crippen molar-refractivity contribution < 1.29 is 89.4 Å². The van der Waals surface area contributed by atoms with Gasteiger partial charge >= 0.3 is 0 Å². The molecule has 0 spiro atoms. The minimum atomic E-state index is -1.98. The Labute approximate surface area is 607 Å². The van der Waals surface area contributed by atoms with E-state index in [-0.39, 0.29) is 18.9 Å². The summed E-state index contributed by atoms with van der Waals surface area (Å²) in [6.07, 6.45) is 48.9. The highest BCUT2D eigenvalue weighted by Crippen LogP contribution is 2.33. The van der Waals surface area contributed by atoms with E-state index in [9.17, 15) is 61.0 Å². The van der Waals surface area contributed by atoms with Gasteiger partial charge in [0, 0.05) is 6.42 Å². The lowest BCUT2D eigenvalue weighted by atomic mass is 9.96. The Morgan fingerprint density at radius 3 is 1.00 bits per heavy atom. The molecule has 100 heavy (non-hydrogen) atoms. The number of nitrogens with one attached hydrogen (secondary N) is 1. The van der Waals surface area contributed by atoms with Crippen LogP contribution in [0.3, 0.4) is 0 Å². The van der Waals surface area contributed by atoms with Gasteiger partial charge < -0.3 is 89.9 Å². The largest absolute Gasteiger partial charge is 0.394 e. The molecule has 3 saturated heterocycles. The number of hydrogen-bond acceptors (Lipinski definition) is 18. The number of allylic oxidation sites excluding steroid dienone is 3. The maximum absolute atomic E-state index is 13.5. The molecule has 3 aliphatic heterocycles. The van der Waals surface area contributed by atoms with E-state index in [1.807, 2.05) is 6.08 Å². The second-order valence-corrected chi connectivity index (χ2v) is 29.9. The van der Waals surface area contributed by atoms with Crippen LogP contribution in [-0.2, 0) is 33.2 Å². The maximum Gasteiger partial charge on any atom is 0.220 e. The summed E-state index contributed by atoms with van der Waals surface area (Å²) in [6, 6.07) is -0.988. The average molecular weight is 1430 g/mol. The number of carbonyl (C=O) groups is 1. The molecule has 3 heterocycles. The van der Waals surface area contributed by atoms with Crippen LogP contribution in [0.2, 0.25) is 0 Å². The Morgan fingerprint density at radius 2 is 0.640 bits per heavy atom. The van der Waals surface area contributed by atoms with Gasteiger partial charge in [-0.2, -0.15) is 0 Å². The van der Waals surface area contributed by atoms with Crippen molar-refractivity contribution in [3.63, 3.8) is 0 Å². The van der Waals surface area contributed by atoms with Crippen LogP contribution in [0, 0.1) is 0 Å². The fourth-order valence-electron chi connectivity index (χ4n) is 14.3. The molecule has 0 aromatic carbocycles. The maximum atomic E-state index is 13.5. The quantitative estimate of drug-likeness (QED) is 0.0199. The van der Waals surface area contributed by atoms with Crippen LogP contribution in [0.25, 0.3) is 0 Å². The zero-order valence-electron chi connectivity index (χ0n) is 63.2. The van der Waals surface area contributed by atoms with Crippen molar-refractivity contribution in [2.45, 2.75) is 458 Å². The molecule has 19 nitrogen and oxygen atoms in total. The zero-order valence-corrected chi connectivity index (χ0v) is 63.2. The molecule has 3 aliphatic rings. The lowest BCUT2D eigenvalue weighted by Gasteiger charge is -2.48. The summed E-state index contributed by atoms with van der Waals surface area (Å²) >= 11 is 0. The average Bonchev–Trinajstić information content (AvgIpc) is 0.782. The van der Waals surface area contributed by atoms with Gasteiger partial charge in [0.25, 0.3) is 0 Å². The van der Waals surface area contributed by atoms with E-state index in [4.69, 9.17) is 28.4 Å². The predicted octanol–water partition coefficient (Wildman–Crippen LogP) is 14.1. The zero-order chi connectivity index (χ0) is 72.5. The van der Waals surface area contributed by atoms with E-state index in [0.29, 0.717) is 12.8 Å². The smallest absolute Gasteiger partial charge is 0.220 e. The van der Waals surface area contributed by atoms with Gasteiger partial charge in [0.05, 0.1) is 38.6 Å². The number of ether oxygens (including phenoxy) is 6. The van der Waals surface area contributed by atoms with E-state index in [0.717, 1.165) is 38.5 Å². The standard InChI is InChI=1S/C81H153NO18/c1-3-5-7-9-11-13-15-17-19-21-23-25-27-29-31-33-34-36-38-40-42-44-46-48-50-52-54-56-58-65(86)64(82-69(87)59-57-55-53-51-49-47-45-43-41-39-37-35-32-30-28-26-24-22-20-18-16-14-12-10-8-6-4-2)63-95-79-75(93)72(90)77(67(61-84)97-79)100-81-76(94)73(91)78(68(62-85)98-81)99-80-74(92)71(89)70(88)66(60-83)96-80/h48,50,56,58,64-68,70-81,83-86,88-94H,3-47,49,51-55,57,59-63H2,1-2H3,(H,82,87)/b50-48+,58-56+. The molecule has 17 atom stereocenters. The Morgan fingerprint density at radius 1 is 0.350 bits per heavy atom. The molecule has 0 aromatic rings. The predicted molar refractivity (Wildman–Crippen MR) is 397 cm³/mol. The summed E-state index contributed by atoms with van der Waals surface area (Å²) in [7, 11) is 0. The van der Waals surface area contributed by atoms with Crippen molar-refractivity contribution in [3.05, 3.63) is 24.3 Å². The molecular weight excluding hydrogens is 1270 g/mol. The Bertz CT molecular complexity index is 1900. The number of carbonyl (C=O) groups excluding carboxylic acids is 1. The van der Waals surface area contributed by atoms with E-state index < -0.39 is 124 Å². The van der Waals surface area contributed by atoms with Crippen molar-refractivity contribution >= 4 is 5.91 Å². The summed E-state index contributed by atoms with van der Waals surface area (Å²) < 4.78 is 34.5. The van der Waals surface area contributed by atoms with Crippen LogP contribution < -0.4 is 5.32 Å². The highest BCUT2D eigenvalue weighted by Gasteiger charge is 2.54. The first kappa shape index (κ1) is 92.5. The van der Waals surface area contributed by atoms with Gasteiger partial charge in [-0.15, -0.1) is 0 Å². The van der Waals surface area contributed by atoms with E-state index in [2.05, 4.69) is 31.3 Å². The molecule has 0 aliphatic carbocycles. The van der Waals surface area contributed by atoms with Crippen molar-refractivity contribution in [1.29, 1.82) is 0 Å². The third-order valence-electron chi connectivity index (χ3n) is 21.0. The van der Waals surface area contributed by atoms with Crippen LogP contribution in [0.4, 0.5) is 0 Å². The molecular formula is C81H153NO18. The van der Waals surface area contributed by atoms with Crippen molar-refractivity contribution in [2.75, 3.05) is 26.4 Å². The number of rotatable bonds is 67. The number of aliphatic hydroxyl groups is 11. The van der Waals surface area contributed by atoms with Crippen LogP contribution >= 0.6 is 0 Å². The lowest BCUT2D eigenvalue weighted by molar-refractivity contribution is -0.379. The number of aliphatic hydroxyl groups excluding tert-OH is 11. The van der Waals surface area contributed by atoms with Crippen LogP contribution in [0.5, 0.6) is 0 Å². The second kappa shape index (κ2) is 62.3. The molecule has 590 valence electrons. The normalized spacial score (nSPS) is 26.5. The fraction of sp³-hybridized carbons (Fsp3) is 0.938. The number of amides is 1. The molecule has 1 amide bonds. The monoisotopic (exact) mass is 1430 g/mol.